The number of aryl methyl sites for hydroxylation is 1. The third-order valence-corrected chi connectivity index (χ3v) is 4.91. The average molecular weight is 354 g/mol. The molecule has 1 heterocycles. The highest BCUT2D eigenvalue weighted by Crippen LogP contribution is 2.37. The first-order chi connectivity index (χ1) is 13.3. The third kappa shape index (κ3) is 3.43. The first kappa shape index (κ1) is 17.3. The standard InChI is InChI=1S/C25H22O2/c1-2-3-10-18-15-16-21-22(17-18)23(19-11-6-4-7-12-19)24(27-25(21)26)20-13-8-5-9-14-20/h4-9,11-17H,2-3,10H2,1H3. The number of hydrogen-bond acceptors (Lipinski definition) is 2. The van der Waals surface area contributed by atoms with Gasteiger partial charge in [-0.05, 0) is 30.0 Å². The number of benzene rings is 3. The monoisotopic (exact) mass is 354 g/mol. The molecule has 0 bridgehead atoms. The minimum absolute atomic E-state index is 0.287. The summed E-state index contributed by atoms with van der Waals surface area (Å²) < 4.78 is 5.83. The third-order valence-electron chi connectivity index (χ3n) is 4.91. The fraction of sp³-hybridized carbons (Fsp3) is 0.160. The van der Waals surface area contributed by atoms with E-state index in [9.17, 15) is 4.79 Å². The Balaban J connectivity index is 2.06. The lowest BCUT2D eigenvalue weighted by Crippen LogP contribution is -2.03. The van der Waals surface area contributed by atoms with Gasteiger partial charge in [0.2, 0.25) is 0 Å². The Morgan fingerprint density at radius 2 is 1.44 bits per heavy atom. The van der Waals surface area contributed by atoms with Crippen LogP contribution in [-0.2, 0) is 6.42 Å². The zero-order valence-electron chi connectivity index (χ0n) is 15.4. The lowest BCUT2D eigenvalue weighted by atomic mass is 9.93. The smallest absolute Gasteiger partial charge is 0.344 e. The fourth-order valence-corrected chi connectivity index (χ4v) is 3.52. The van der Waals surface area contributed by atoms with E-state index in [0.29, 0.717) is 11.1 Å². The molecule has 2 heteroatoms. The average Bonchev–Trinajstić information content (AvgIpc) is 2.73. The number of unbranched alkanes of at least 4 members (excludes halogenated alkanes) is 1. The topological polar surface area (TPSA) is 30.2 Å². The van der Waals surface area contributed by atoms with E-state index in [1.54, 1.807) is 0 Å². The molecule has 0 atom stereocenters. The van der Waals surface area contributed by atoms with Crippen LogP contribution in [0.5, 0.6) is 0 Å². The van der Waals surface area contributed by atoms with Crippen LogP contribution in [0.25, 0.3) is 33.2 Å². The molecule has 0 aliphatic carbocycles. The quantitative estimate of drug-likeness (QED) is 0.411. The van der Waals surface area contributed by atoms with Crippen LogP contribution in [-0.4, -0.2) is 0 Å². The molecule has 0 saturated carbocycles. The van der Waals surface area contributed by atoms with Gasteiger partial charge in [0, 0.05) is 16.5 Å². The second kappa shape index (κ2) is 7.63. The van der Waals surface area contributed by atoms with Crippen molar-refractivity contribution >= 4 is 10.8 Å². The summed E-state index contributed by atoms with van der Waals surface area (Å²) in [6.07, 6.45) is 3.30. The van der Waals surface area contributed by atoms with Crippen LogP contribution in [0.4, 0.5) is 0 Å². The fourth-order valence-electron chi connectivity index (χ4n) is 3.52. The van der Waals surface area contributed by atoms with Gasteiger partial charge in [-0.2, -0.15) is 0 Å². The summed E-state index contributed by atoms with van der Waals surface area (Å²) in [5.74, 6) is 0.631. The lowest BCUT2D eigenvalue weighted by molar-refractivity contribution is 0.536. The van der Waals surface area contributed by atoms with E-state index in [1.165, 1.54) is 5.56 Å². The van der Waals surface area contributed by atoms with Crippen LogP contribution >= 0.6 is 0 Å². The largest absolute Gasteiger partial charge is 0.422 e. The van der Waals surface area contributed by atoms with E-state index in [2.05, 4.69) is 25.1 Å². The molecule has 27 heavy (non-hydrogen) atoms. The Labute approximate surface area is 159 Å². The van der Waals surface area contributed by atoms with Gasteiger partial charge in [-0.1, -0.05) is 86.1 Å². The van der Waals surface area contributed by atoms with Gasteiger partial charge in [-0.15, -0.1) is 0 Å². The molecule has 0 N–H and O–H groups in total. The van der Waals surface area contributed by atoms with Crippen molar-refractivity contribution in [3.05, 3.63) is 94.8 Å². The summed E-state index contributed by atoms with van der Waals surface area (Å²) in [5.41, 5.74) is 3.92. The summed E-state index contributed by atoms with van der Waals surface area (Å²) in [7, 11) is 0. The van der Waals surface area contributed by atoms with Gasteiger partial charge in [0.05, 0.1) is 5.39 Å². The first-order valence-electron chi connectivity index (χ1n) is 9.48. The predicted octanol–water partition coefficient (Wildman–Crippen LogP) is 6.47. The van der Waals surface area contributed by atoms with Crippen molar-refractivity contribution in [2.75, 3.05) is 0 Å². The van der Waals surface area contributed by atoms with Gasteiger partial charge < -0.3 is 4.42 Å². The van der Waals surface area contributed by atoms with Crippen molar-refractivity contribution in [3.8, 4) is 22.5 Å². The molecule has 0 spiro atoms. The van der Waals surface area contributed by atoms with Gasteiger partial charge in [0.25, 0.3) is 0 Å². The SMILES string of the molecule is CCCCc1ccc2c(=O)oc(-c3ccccc3)c(-c3ccccc3)c2c1. The summed E-state index contributed by atoms with van der Waals surface area (Å²) in [6, 6.07) is 26.2. The molecule has 0 radical (unpaired) electrons. The maximum absolute atomic E-state index is 12.7. The van der Waals surface area contributed by atoms with Crippen molar-refractivity contribution in [3.63, 3.8) is 0 Å². The van der Waals surface area contributed by atoms with Gasteiger partial charge >= 0.3 is 5.63 Å². The second-order valence-electron chi connectivity index (χ2n) is 6.81. The Kier molecular flexibility index (Phi) is 4.88. The minimum atomic E-state index is -0.287. The highest BCUT2D eigenvalue weighted by Gasteiger charge is 2.17. The molecule has 0 saturated heterocycles. The van der Waals surface area contributed by atoms with E-state index < -0.39 is 0 Å². The van der Waals surface area contributed by atoms with Crippen LogP contribution in [0, 0.1) is 0 Å². The lowest BCUT2D eigenvalue weighted by Gasteiger charge is -2.13. The zero-order chi connectivity index (χ0) is 18.6. The van der Waals surface area contributed by atoms with E-state index in [-0.39, 0.29) is 5.63 Å². The Bertz CT molecular complexity index is 1110. The Hall–Kier alpha value is -3.13. The molecule has 4 aromatic rings. The molecule has 134 valence electrons. The molecule has 0 aliphatic rings. The van der Waals surface area contributed by atoms with Crippen LogP contribution in [0.15, 0.2) is 88.1 Å². The van der Waals surface area contributed by atoms with Crippen molar-refractivity contribution < 1.29 is 4.42 Å². The summed E-state index contributed by atoms with van der Waals surface area (Å²) in [5, 5.41) is 1.60. The first-order valence-corrected chi connectivity index (χ1v) is 9.48. The zero-order valence-corrected chi connectivity index (χ0v) is 15.4. The predicted molar refractivity (Wildman–Crippen MR) is 112 cm³/mol. The number of rotatable bonds is 5. The van der Waals surface area contributed by atoms with Crippen LogP contribution < -0.4 is 5.63 Å². The van der Waals surface area contributed by atoms with E-state index in [4.69, 9.17) is 4.42 Å². The van der Waals surface area contributed by atoms with Crippen molar-refractivity contribution in [2.45, 2.75) is 26.2 Å². The summed E-state index contributed by atoms with van der Waals surface area (Å²) >= 11 is 0. The highest BCUT2D eigenvalue weighted by molar-refractivity contribution is 6.01. The molecule has 4 rings (SSSR count). The molecule has 0 aliphatic heterocycles. The van der Waals surface area contributed by atoms with Crippen molar-refractivity contribution in [1.29, 1.82) is 0 Å². The van der Waals surface area contributed by atoms with Crippen LogP contribution in [0.2, 0.25) is 0 Å². The van der Waals surface area contributed by atoms with Crippen molar-refractivity contribution in [2.24, 2.45) is 0 Å². The molecular weight excluding hydrogens is 332 g/mol. The molecule has 1 aromatic heterocycles. The molecule has 3 aromatic carbocycles. The van der Waals surface area contributed by atoms with Gasteiger partial charge in [0.15, 0.2) is 0 Å². The maximum atomic E-state index is 12.7. The molecule has 0 unspecified atom stereocenters. The minimum Gasteiger partial charge on any atom is -0.422 e. The number of fused-ring (bicyclic) bond motifs is 1. The van der Waals surface area contributed by atoms with E-state index in [0.717, 1.165) is 41.3 Å². The summed E-state index contributed by atoms with van der Waals surface area (Å²) in [6.45, 7) is 2.19. The molecule has 0 fully saturated rings. The van der Waals surface area contributed by atoms with Gasteiger partial charge in [0.1, 0.15) is 5.76 Å². The highest BCUT2D eigenvalue weighted by atomic mass is 16.4. The Morgan fingerprint density at radius 1 is 0.778 bits per heavy atom. The van der Waals surface area contributed by atoms with Crippen LogP contribution in [0.3, 0.4) is 0 Å². The molecule has 0 amide bonds. The molecule has 2 nitrogen and oxygen atoms in total. The van der Waals surface area contributed by atoms with Gasteiger partial charge in [-0.3, -0.25) is 0 Å². The normalized spacial score (nSPS) is 11.0. The molecular formula is C25H22O2. The summed E-state index contributed by atoms with van der Waals surface area (Å²) in [4.78, 5) is 12.7. The van der Waals surface area contributed by atoms with Crippen molar-refractivity contribution in [1.82, 2.24) is 0 Å². The van der Waals surface area contributed by atoms with E-state index in [1.807, 2.05) is 60.7 Å². The van der Waals surface area contributed by atoms with E-state index >= 15 is 0 Å². The van der Waals surface area contributed by atoms with Gasteiger partial charge in [-0.25, -0.2) is 4.79 Å². The van der Waals surface area contributed by atoms with Crippen LogP contribution in [0.1, 0.15) is 25.3 Å². The Morgan fingerprint density at radius 3 is 2.11 bits per heavy atom. The number of hydrogen-bond donors (Lipinski definition) is 0. The second-order valence-corrected chi connectivity index (χ2v) is 6.81. The maximum Gasteiger partial charge on any atom is 0.344 e.